The van der Waals surface area contributed by atoms with Gasteiger partial charge in [0.25, 0.3) is 0 Å². The number of carboxylic acid groups (broad SMARTS) is 1. The second kappa shape index (κ2) is 5.73. The Bertz CT molecular complexity index is 790. The van der Waals surface area contributed by atoms with Crippen molar-refractivity contribution in [3.8, 4) is 22.7 Å². The maximum absolute atomic E-state index is 10.9. The van der Waals surface area contributed by atoms with Crippen molar-refractivity contribution in [2.75, 3.05) is 7.11 Å². The topological polar surface area (TPSA) is 64.3 Å². The summed E-state index contributed by atoms with van der Waals surface area (Å²) in [7, 11) is 1.63. The van der Waals surface area contributed by atoms with Crippen LogP contribution in [-0.4, -0.2) is 28.0 Å². The summed E-state index contributed by atoms with van der Waals surface area (Å²) < 4.78 is 6.90. The van der Waals surface area contributed by atoms with Crippen molar-refractivity contribution in [3.05, 3.63) is 66.4 Å². The quantitative estimate of drug-likeness (QED) is 0.802. The second-order valence-electron chi connectivity index (χ2n) is 4.73. The van der Waals surface area contributed by atoms with Gasteiger partial charge in [-0.05, 0) is 42.5 Å². The summed E-state index contributed by atoms with van der Waals surface area (Å²) in [5.41, 5.74) is 2.84. The molecule has 5 nitrogen and oxygen atoms in total. The Labute approximate surface area is 127 Å². The van der Waals surface area contributed by atoms with Crippen molar-refractivity contribution in [1.29, 1.82) is 0 Å². The molecule has 0 aliphatic carbocycles. The molecule has 0 radical (unpaired) electrons. The van der Waals surface area contributed by atoms with E-state index in [1.54, 1.807) is 36.1 Å². The Balaban J connectivity index is 1.87. The number of benzene rings is 2. The van der Waals surface area contributed by atoms with Crippen molar-refractivity contribution in [1.82, 2.24) is 9.78 Å². The molecule has 5 heteroatoms. The van der Waals surface area contributed by atoms with Gasteiger partial charge >= 0.3 is 5.97 Å². The van der Waals surface area contributed by atoms with E-state index in [9.17, 15) is 4.79 Å². The van der Waals surface area contributed by atoms with Crippen LogP contribution in [0.1, 0.15) is 10.4 Å². The minimum absolute atomic E-state index is 0.262. The molecule has 1 heterocycles. The number of hydrogen-bond acceptors (Lipinski definition) is 3. The minimum atomic E-state index is -0.935. The summed E-state index contributed by atoms with van der Waals surface area (Å²) in [5.74, 6) is -0.143. The van der Waals surface area contributed by atoms with Gasteiger partial charge in [0, 0.05) is 11.8 Å². The van der Waals surface area contributed by atoms with Crippen molar-refractivity contribution in [2.24, 2.45) is 0 Å². The molecule has 0 fully saturated rings. The molecule has 0 unspecified atom stereocenters. The van der Waals surface area contributed by atoms with E-state index < -0.39 is 5.97 Å². The lowest BCUT2D eigenvalue weighted by atomic mass is 10.1. The van der Waals surface area contributed by atoms with Gasteiger partial charge < -0.3 is 9.84 Å². The molecular formula is C17H14N2O3. The highest BCUT2D eigenvalue weighted by atomic mass is 16.5. The highest BCUT2D eigenvalue weighted by Crippen LogP contribution is 2.20. The van der Waals surface area contributed by atoms with Crippen LogP contribution in [0.5, 0.6) is 5.75 Å². The molecule has 0 aliphatic heterocycles. The first-order valence-corrected chi connectivity index (χ1v) is 6.71. The summed E-state index contributed by atoms with van der Waals surface area (Å²) in [6.45, 7) is 0. The predicted octanol–water partition coefficient (Wildman–Crippen LogP) is 3.25. The lowest BCUT2D eigenvalue weighted by Gasteiger charge is -2.03. The number of carbonyl (C=O) groups is 1. The van der Waals surface area contributed by atoms with Crippen molar-refractivity contribution < 1.29 is 14.6 Å². The van der Waals surface area contributed by atoms with Crippen LogP contribution >= 0.6 is 0 Å². The van der Waals surface area contributed by atoms with Crippen LogP contribution in [0.15, 0.2) is 60.8 Å². The predicted molar refractivity (Wildman–Crippen MR) is 82.5 cm³/mol. The molecule has 0 aliphatic rings. The van der Waals surface area contributed by atoms with Gasteiger partial charge in [0.05, 0.1) is 24.1 Å². The molecule has 0 atom stereocenters. The normalized spacial score (nSPS) is 10.4. The van der Waals surface area contributed by atoms with Gasteiger partial charge in [-0.3, -0.25) is 0 Å². The fourth-order valence-electron chi connectivity index (χ4n) is 2.14. The van der Waals surface area contributed by atoms with Crippen molar-refractivity contribution >= 4 is 5.97 Å². The maximum Gasteiger partial charge on any atom is 0.335 e. The van der Waals surface area contributed by atoms with Gasteiger partial charge in [0.2, 0.25) is 0 Å². The van der Waals surface area contributed by atoms with Gasteiger partial charge in [0.1, 0.15) is 5.75 Å². The summed E-state index contributed by atoms with van der Waals surface area (Å²) in [5, 5.41) is 13.4. The zero-order chi connectivity index (χ0) is 15.5. The number of methoxy groups -OCH3 is 1. The molecule has 0 spiro atoms. The number of aromatic carboxylic acids is 1. The van der Waals surface area contributed by atoms with Gasteiger partial charge in [-0.15, -0.1) is 0 Å². The van der Waals surface area contributed by atoms with E-state index in [-0.39, 0.29) is 5.56 Å². The van der Waals surface area contributed by atoms with Crippen molar-refractivity contribution in [2.45, 2.75) is 0 Å². The lowest BCUT2D eigenvalue weighted by molar-refractivity contribution is 0.0697. The van der Waals surface area contributed by atoms with E-state index >= 15 is 0 Å². The van der Waals surface area contributed by atoms with Crippen LogP contribution in [0, 0.1) is 0 Å². The monoisotopic (exact) mass is 294 g/mol. The second-order valence-corrected chi connectivity index (χ2v) is 4.73. The van der Waals surface area contributed by atoms with Gasteiger partial charge in [0.15, 0.2) is 0 Å². The number of hydrogen-bond donors (Lipinski definition) is 1. The molecule has 0 saturated heterocycles. The molecule has 2 aromatic carbocycles. The molecule has 110 valence electrons. The van der Waals surface area contributed by atoms with Crippen LogP contribution in [-0.2, 0) is 0 Å². The third-order valence-electron chi connectivity index (χ3n) is 3.35. The first kappa shape index (κ1) is 13.9. The van der Waals surface area contributed by atoms with Gasteiger partial charge in [-0.1, -0.05) is 12.1 Å². The maximum atomic E-state index is 10.9. The molecule has 0 saturated carbocycles. The van der Waals surface area contributed by atoms with Gasteiger partial charge in [-0.25, -0.2) is 9.48 Å². The lowest BCUT2D eigenvalue weighted by Crippen LogP contribution is -1.96. The van der Waals surface area contributed by atoms with Crippen LogP contribution in [0.4, 0.5) is 0 Å². The van der Waals surface area contributed by atoms with E-state index in [0.29, 0.717) is 0 Å². The largest absolute Gasteiger partial charge is 0.497 e. The minimum Gasteiger partial charge on any atom is -0.497 e. The van der Waals surface area contributed by atoms with Gasteiger partial charge in [-0.2, -0.15) is 5.10 Å². The number of rotatable bonds is 4. The Kier molecular flexibility index (Phi) is 3.62. The molecular weight excluding hydrogens is 280 g/mol. The van der Waals surface area contributed by atoms with Crippen molar-refractivity contribution in [3.63, 3.8) is 0 Å². The third kappa shape index (κ3) is 2.69. The van der Waals surface area contributed by atoms with Crippen LogP contribution in [0.2, 0.25) is 0 Å². The number of aromatic nitrogens is 2. The Hall–Kier alpha value is -3.08. The first-order chi connectivity index (χ1) is 10.7. The number of carboxylic acids is 1. The fourth-order valence-corrected chi connectivity index (χ4v) is 2.14. The molecule has 0 amide bonds. The summed E-state index contributed by atoms with van der Waals surface area (Å²) in [4.78, 5) is 10.9. The average molecular weight is 294 g/mol. The SMILES string of the molecule is COc1ccc(-n2ccc(-c3ccc(C(=O)O)cc3)n2)cc1. The standard InChI is InChI=1S/C17H14N2O3/c1-22-15-8-6-14(7-9-15)19-11-10-16(18-19)12-2-4-13(5-3-12)17(20)21/h2-11H,1H3,(H,20,21). The molecule has 3 rings (SSSR count). The summed E-state index contributed by atoms with van der Waals surface area (Å²) in [6, 6.07) is 16.1. The average Bonchev–Trinajstić information content (AvgIpc) is 3.05. The van der Waals surface area contributed by atoms with E-state index in [4.69, 9.17) is 9.84 Å². The zero-order valence-electron chi connectivity index (χ0n) is 11.9. The Morgan fingerprint density at radius 3 is 2.32 bits per heavy atom. The highest BCUT2D eigenvalue weighted by Gasteiger charge is 2.06. The molecule has 22 heavy (non-hydrogen) atoms. The number of ether oxygens (including phenoxy) is 1. The molecule has 1 N–H and O–H groups in total. The number of nitrogens with zero attached hydrogens (tertiary/aromatic N) is 2. The van der Waals surface area contributed by atoms with E-state index in [0.717, 1.165) is 22.7 Å². The van der Waals surface area contributed by atoms with Crippen LogP contribution in [0.3, 0.4) is 0 Å². The van der Waals surface area contributed by atoms with Crippen LogP contribution in [0.25, 0.3) is 16.9 Å². The van der Waals surface area contributed by atoms with E-state index in [1.807, 2.05) is 36.5 Å². The smallest absolute Gasteiger partial charge is 0.335 e. The van der Waals surface area contributed by atoms with Crippen LogP contribution < -0.4 is 4.74 Å². The summed E-state index contributed by atoms with van der Waals surface area (Å²) >= 11 is 0. The first-order valence-electron chi connectivity index (χ1n) is 6.71. The zero-order valence-corrected chi connectivity index (χ0v) is 11.9. The third-order valence-corrected chi connectivity index (χ3v) is 3.35. The molecule has 0 bridgehead atoms. The fraction of sp³-hybridized carbons (Fsp3) is 0.0588. The van der Waals surface area contributed by atoms with E-state index in [2.05, 4.69) is 5.10 Å². The highest BCUT2D eigenvalue weighted by molar-refractivity contribution is 5.88. The molecule has 1 aromatic heterocycles. The summed E-state index contributed by atoms with van der Waals surface area (Å²) in [6.07, 6.45) is 1.86. The van der Waals surface area contributed by atoms with E-state index in [1.165, 1.54) is 0 Å². The molecule has 3 aromatic rings. The Morgan fingerprint density at radius 1 is 1.05 bits per heavy atom. The Morgan fingerprint density at radius 2 is 1.73 bits per heavy atom.